The number of hydrogen-bond acceptors (Lipinski definition) is 7. The number of hydrogen-bond donors (Lipinski definition) is 1. The van der Waals surface area contributed by atoms with Gasteiger partial charge in [-0.2, -0.15) is 9.65 Å². The SMILES string of the molecule is COc1ccc(-c2csc(/C(C#N)=C/Nc3ccc(F)c([N+](=O)[O-])c3)n2)cc1. The van der Waals surface area contributed by atoms with Gasteiger partial charge in [-0.15, -0.1) is 11.3 Å². The zero-order valence-electron chi connectivity index (χ0n) is 14.5. The van der Waals surface area contributed by atoms with E-state index in [0.29, 0.717) is 10.7 Å². The first-order valence-electron chi connectivity index (χ1n) is 7.93. The Morgan fingerprint density at radius 2 is 2.11 bits per heavy atom. The summed E-state index contributed by atoms with van der Waals surface area (Å²) in [5, 5.41) is 25.3. The van der Waals surface area contributed by atoms with E-state index < -0.39 is 16.4 Å². The molecule has 0 aliphatic rings. The molecule has 3 rings (SSSR count). The van der Waals surface area contributed by atoms with Crippen LogP contribution in [0.4, 0.5) is 15.8 Å². The monoisotopic (exact) mass is 396 g/mol. The van der Waals surface area contributed by atoms with Gasteiger partial charge in [-0.05, 0) is 36.4 Å². The number of aromatic nitrogens is 1. The molecule has 0 amide bonds. The molecular weight excluding hydrogens is 383 g/mol. The Balaban J connectivity index is 1.82. The minimum absolute atomic E-state index is 0.247. The molecule has 0 radical (unpaired) electrons. The minimum Gasteiger partial charge on any atom is -0.497 e. The number of nitriles is 1. The van der Waals surface area contributed by atoms with E-state index in [1.54, 1.807) is 7.11 Å². The lowest BCUT2D eigenvalue weighted by Gasteiger charge is -2.02. The third kappa shape index (κ3) is 4.13. The van der Waals surface area contributed by atoms with Gasteiger partial charge in [-0.3, -0.25) is 10.1 Å². The van der Waals surface area contributed by atoms with Gasteiger partial charge >= 0.3 is 5.69 Å². The lowest BCUT2D eigenvalue weighted by Crippen LogP contribution is -1.96. The van der Waals surface area contributed by atoms with E-state index in [9.17, 15) is 19.8 Å². The molecule has 2 aromatic carbocycles. The number of methoxy groups -OCH3 is 1. The molecule has 7 nitrogen and oxygen atoms in total. The molecule has 0 saturated heterocycles. The van der Waals surface area contributed by atoms with Crippen LogP contribution in [0.2, 0.25) is 0 Å². The molecule has 0 aliphatic heterocycles. The normalized spacial score (nSPS) is 11.0. The Morgan fingerprint density at radius 3 is 2.75 bits per heavy atom. The third-order valence-corrected chi connectivity index (χ3v) is 4.64. The molecule has 1 heterocycles. The van der Waals surface area contributed by atoms with Crippen LogP contribution >= 0.6 is 11.3 Å². The van der Waals surface area contributed by atoms with Crippen molar-refractivity contribution in [3.8, 4) is 23.1 Å². The van der Waals surface area contributed by atoms with Crippen LogP contribution in [-0.2, 0) is 0 Å². The minimum atomic E-state index is -0.927. The fraction of sp³-hybridized carbons (Fsp3) is 0.0526. The van der Waals surface area contributed by atoms with E-state index in [4.69, 9.17) is 4.74 Å². The highest BCUT2D eigenvalue weighted by Crippen LogP contribution is 2.28. The Labute approximate surface area is 163 Å². The van der Waals surface area contributed by atoms with Crippen molar-refractivity contribution >= 4 is 28.3 Å². The average Bonchev–Trinajstić information content (AvgIpc) is 3.19. The van der Waals surface area contributed by atoms with Gasteiger partial charge in [-0.25, -0.2) is 4.98 Å². The van der Waals surface area contributed by atoms with Crippen LogP contribution in [0.5, 0.6) is 5.75 Å². The van der Waals surface area contributed by atoms with E-state index in [-0.39, 0.29) is 11.3 Å². The molecular formula is C19H13FN4O3S. The van der Waals surface area contributed by atoms with Gasteiger partial charge in [0.1, 0.15) is 22.4 Å². The summed E-state index contributed by atoms with van der Waals surface area (Å²) in [6.45, 7) is 0. The van der Waals surface area contributed by atoms with Crippen LogP contribution in [0, 0.1) is 27.3 Å². The summed E-state index contributed by atoms with van der Waals surface area (Å²) in [6, 6.07) is 12.8. The van der Waals surface area contributed by atoms with Gasteiger partial charge in [0.25, 0.3) is 0 Å². The number of nitrogens with zero attached hydrogens (tertiary/aromatic N) is 3. The molecule has 140 valence electrons. The highest BCUT2D eigenvalue weighted by atomic mass is 32.1. The van der Waals surface area contributed by atoms with Crippen LogP contribution < -0.4 is 10.1 Å². The molecule has 0 saturated carbocycles. The summed E-state index contributed by atoms with van der Waals surface area (Å²) in [7, 11) is 1.59. The second-order valence-electron chi connectivity index (χ2n) is 5.50. The Kier molecular flexibility index (Phi) is 5.62. The van der Waals surface area contributed by atoms with Crippen molar-refractivity contribution in [2.75, 3.05) is 12.4 Å². The Bertz CT molecular complexity index is 1090. The van der Waals surface area contributed by atoms with Crippen molar-refractivity contribution in [2.45, 2.75) is 0 Å². The zero-order valence-corrected chi connectivity index (χ0v) is 15.4. The summed E-state index contributed by atoms with van der Waals surface area (Å²) in [4.78, 5) is 14.5. The number of ether oxygens (including phenoxy) is 1. The quantitative estimate of drug-likeness (QED) is 0.363. The maximum Gasteiger partial charge on any atom is 0.306 e. The average molecular weight is 396 g/mol. The van der Waals surface area contributed by atoms with Gasteiger partial charge in [-0.1, -0.05) is 0 Å². The van der Waals surface area contributed by atoms with Crippen molar-refractivity contribution in [1.29, 1.82) is 5.26 Å². The Hall–Kier alpha value is -3.77. The molecule has 1 aromatic heterocycles. The number of nitro benzene ring substituents is 1. The number of benzene rings is 2. The van der Waals surface area contributed by atoms with Crippen molar-refractivity contribution < 1.29 is 14.1 Å². The first-order chi connectivity index (χ1) is 13.5. The topological polar surface area (TPSA) is 101 Å². The molecule has 28 heavy (non-hydrogen) atoms. The predicted octanol–water partition coefficient (Wildman–Crippen LogP) is 4.84. The maximum atomic E-state index is 13.4. The second-order valence-corrected chi connectivity index (χ2v) is 6.36. The van der Waals surface area contributed by atoms with Crippen LogP contribution in [-0.4, -0.2) is 17.0 Å². The van der Waals surface area contributed by atoms with Crippen LogP contribution in [0.3, 0.4) is 0 Å². The van der Waals surface area contributed by atoms with E-state index in [0.717, 1.165) is 23.4 Å². The molecule has 0 fully saturated rings. The van der Waals surface area contributed by atoms with Crippen molar-refractivity contribution in [3.63, 3.8) is 0 Å². The van der Waals surface area contributed by atoms with Crippen LogP contribution in [0.1, 0.15) is 5.01 Å². The highest BCUT2D eigenvalue weighted by Gasteiger charge is 2.14. The van der Waals surface area contributed by atoms with Crippen molar-refractivity contribution in [2.24, 2.45) is 0 Å². The predicted molar refractivity (Wildman–Crippen MR) is 104 cm³/mol. The maximum absolute atomic E-state index is 13.4. The molecule has 0 atom stereocenters. The fourth-order valence-corrected chi connectivity index (χ4v) is 3.13. The molecule has 3 aromatic rings. The number of rotatable bonds is 6. The smallest absolute Gasteiger partial charge is 0.306 e. The largest absolute Gasteiger partial charge is 0.497 e. The van der Waals surface area contributed by atoms with Crippen LogP contribution in [0.25, 0.3) is 16.8 Å². The van der Waals surface area contributed by atoms with E-state index in [2.05, 4.69) is 10.3 Å². The first-order valence-corrected chi connectivity index (χ1v) is 8.81. The molecule has 0 aliphatic carbocycles. The lowest BCUT2D eigenvalue weighted by atomic mass is 10.2. The summed E-state index contributed by atoms with van der Waals surface area (Å²) in [5.41, 5.74) is 1.47. The number of nitro groups is 1. The standard InChI is InChI=1S/C19H13FN4O3S/c1-27-15-5-2-12(3-6-15)17-11-28-19(23-17)13(9-21)10-22-14-4-7-16(20)18(8-14)24(25)26/h2-8,10-11,22H,1H3/b13-10+. The molecule has 0 unspecified atom stereocenters. The number of thiazole rings is 1. The van der Waals surface area contributed by atoms with E-state index in [1.807, 2.05) is 35.7 Å². The first kappa shape index (κ1) is 19.0. The van der Waals surface area contributed by atoms with Gasteiger partial charge < -0.3 is 10.1 Å². The van der Waals surface area contributed by atoms with E-state index in [1.165, 1.54) is 23.6 Å². The summed E-state index contributed by atoms with van der Waals surface area (Å²) in [5.74, 6) is -0.196. The van der Waals surface area contributed by atoms with Crippen molar-refractivity contribution in [3.05, 3.63) is 75.0 Å². The van der Waals surface area contributed by atoms with Crippen molar-refractivity contribution in [1.82, 2.24) is 4.98 Å². The third-order valence-electron chi connectivity index (χ3n) is 3.77. The summed E-state index contributed by atoms with van der Waals surface area (Å²) < 4.78 is 18.5. The second kappa shape index (κ2) is 8.28. The van der Waals surface area contributed by atoms with Gasteiger partial charge in [0, 0.05) is 28.9 Å². The molecule has 0 bridgehead atoms. The van der Waals surface area contributed by atoms with Gasteiger partial charge in [0.2, 0.25) is 5.82 Å². The number of allylic oxidation sites excluding steroid dienone is 1. The number of nitrogens with one attached hydrogen (secondary N) is 1. The highest BCUT2D eigenvalue weighted by molar-refractivity contribution is 7.11. The number of halogens is 1. The van der Waals surface area contributed by atoms with Gasteiger partial charge in [0.15, 0.2) is 0 Å². The lowest BCUT2D eigenvalue weighted by molar-refractivity contribution is -0.387. The molecule has 9 heteroatoms. The number of anilines is 1. The van der Waals surface area contributed by atoms with E-state index >= 15 is 0 Å². The van der Waals surface area contributed by atoms with Crippen LogP contribution in [0.15, 0.2) is 54.0 Å². The van der Waals surface area contributed by atoms with Gasteiger partial charge in [0.05, 0.1) is 17.7 Å². The molecule has 0 spiro atoms. The summed E-state index contributed by atoms with van der Waals surface area (Å²) in [6.07, 6.45) is 1.38. The molecule has 1 N–H and O–H groups in total. The summed E-state index contributed by atoms with van der Waals surface area (Å²) >= 11 is 1.29. The fourth-order valence-electron chi connectivity index (χ4n) is 2.33. The zero-order chi connectivity index (χ0) is 20.1. The Morgan fingerprint density at radius 1 is 1.36 bits per heavy atom.